The summed E-state index contributed by atoms with van der Waals surface area (Å²) in [6.45, 7) is 1.10. The van der Waals surface area contributed by atoms with Crippen LogP contribution in [0.15, 0.2) is 42.7 Å². The van der Waals surface area contributed by atoms with Gasteiger partial charge in [0.15, 0.2) is 5.69 Å². The van der Waals surface area contributed by atoms with Gasteiger partial charge in [-0.05, 0) is 24.1 Å². The summed E-state index contributed by atoms with van der Waals surface area (Å²) in [7, 11) is 1.73. The molecular weight excluding hydrogens is 352 g/mol. The molecule has 2 aromatic heterocycles. The summed E-state index contributed by atoms with van der Waals surface area (Å²) in [5.74, 6) is -0.0806. The summed E-state index contributed by atoms with van der Waals surface area (Å²) in [5, 5.41) is 8.64. The van der Waals surface area contributed by atoms with Crippen LogP contribution in [0.2, 0.25) is 5.02 Å². The number of para-hydroxylation sites is 1. The summed E-state index contributed by atoms with van der Waals surface area (Å²) in [6, 6.07) is 10.0. The number of aryl methyl sites for hydroxylation is 1. The molecular formula is C19H19ClN4O2. The molecule has 3 heterocycles. The van der Waals surface area contributed by atoms with E-state index in [0.717, 1.165) is 17.3 Å². The van der Waals surface area contributed by atoms with E-state index in [4.69, 9.17) is 16.3 Å². The predicted octanol–water partition coefficient (Wildman–Crippen LogP) is 2.61. The van der Waals surface area contributed by atoms with Crippen molar-refractivity contribution in [1.82, 2.24) is 20.1 Å². The maximum absolute atomic E-state index is 12.5. The van der Waals surface area contributed by atoms with Crippen molar-refractivity contribution in [3.63, 3.8) is 0 Å². The second-order valence-electron chi connectivity index (χ2n) is 6.57. The van der Waals surface area contributed by atoms with Crippen LogP contribution in [0.4, 0.5) is 0 Å². The quantitative estimate of drug-likeness (QED) is 0.766. The van der Waals surface area contributed by atoms with E-state index >= 15 is 0 Å². The second-order valence-corrected chi connectivity index (χ2v) is 6.98. The van der Waals surface area contributed by atoms with Gasteiger partial charge in [0.2, 0.25) is 0 Å². The lowest BCUT2D eigenvalue weighted by Gasteiger charge is -2.19. The van der Waals surface area contributed by atoms with Gasteiger partial charge in [-0.1, -0.05) is 29.8 Å². The minimum atomic E-state index is -0.268. The zero-order valence-electron chi connectivity index (χ0n) is 14.4. The van der Waals surface area contributed by atoms with Crippen molar-refractivity contribution in [2.75, 3.05) is 13.2 Å². The van der Waals surface area contributed by atoms with Gasteiger partial charge in [0.25, 0.3) is 5.91 Å². The molecule has 26 heavy (non-hydrogen) atoms. The molecule has 4 rings (SSSR count). The molecule has 3 aromatic rings. The Morgan fingerprint density at radius 3 is 3.00 bits per heavy atom. The lowest BCUT2D eigenvalue weighted by molar-refractivity contribution is 0.0919. The van der Waals surface area contributed by atoms with Gasteiger partial charge in [-0.15, -0.1) is 0 Å². The maximum Gasteiger partial charge on any atom is 0.273 e. The summed E-state index contributed by atoms with van der Waals surface area (Å²) in [5.41, 5.74) is 2.43. The number of hydrogen-bond donors (Lipinski definition) is 1. The molecule has 0 spiro atoms. The Labute approximate surface area is 156 Å². The Morgan fingerprint density at radius 1 is 1.35 bits per heavy atom. The molecule has 1 aliphatic heterocycles. The average molecular weight is 371 g/mol. The van der Waals surface area contributed by atoms with Crippen LogP contribution >= 0.6 is 11.6 Å². The third kappa shape index (κ3) is 3.30. The van der Waals surface area contributed by atoms with Crippen LogP contribution in [0.3, 0.4) is 0 Å². The van der Waals surface area contributed by atoms with E-state index in [2.05, 4.69) is 21.5 Å². The lowest BCUT2D eigenvalue weighted by Crippen LogP contribution is -2.41. The van der Waals surface area contributed by atoms with Crippen LogP contribution in [-0.4, -0.2) is 39.9 Å². The highest BCUT2D eigenvalue weighted by molar-refractivity contribution is 6.33. The molecule has 1 aromatic carbocycles. The minimum absolute atomic E-state index is 0.0764. The topological polar surface area (TPSA) is 69.0 Å². The lowest BCUT2D eigenvalue weighted by atomic mass is 9.93. The van der Waals surface area contributed by atoms with E-state index in [9.17, 15) is 4.79 Å². The summed E-state index contributed by atoms with van der Waals surface area (Å²) >= 11 is 6.07. The zero-order valence-corrected chi connectivity index (χ0v) is 15.1. The molecule has 0 radical (unpaired) electrons. The highest BCUT2D eigenvalue weighted by atomic mass is 35.5. The number of benzene rings is 1. The number of nitrogens with one attached hydrogen (secondary N) is 1. The standard InChI is InChI=1S/C19H19ClN4O2/c1-24-9-15(20)18(23-24)19(25)22-17-11-26-10-13(17)8-12-6-7-21-16-5-3-2-4-14(12)16/h2-7,9,13,17H,8,10-11H2,1H3,(H,22,25)/t13-,17-/m1/s1. The van der Waals surface area contributed by atoms with Crippen LogP contribution in [0, 0.1) is 5.92 Å². The number of fused-ring (bicyclic) bond motifs is 1. The van der Waals surface area contributed by atoms with E-state index < -0.39 is 0 Å². The minimum Gasteiger partial charge on any atom is -0.379 e. The fraction of sp³-hybridized carbons (Fsp3) is 0.316. The van der Waals surface area contributed by atoms with Crippen molar-refractivity contribution in [2.24, 2.45) is 13.0 Å². The first-order valence-electron chi connectivity index (χ1n) is 8.52. The number of aromatic nitrogens is 3. The highest BCUT2D eigenvalue weighted by Crippen LogP contribution is 2.24. The fourth-order valence-electron chi connectivity index (χ4n) is 3.43. The molecule has 1 aliphatic rings. The van der Waals surface area contributed by atoms with Gasteiger partial charge in [0, 0.05) is 30.7 Å². The van der Waals surface area contributed by atoms with Crippen molar-refractivity contribution in [3.8, 4) is 0 Å². The molecule has 7 heteroatoms. The predicted molar refractivity (Wildman–Crippen MR) is 99.2 cm³/mol. The smallest absolute Gasteiger partial charge is 0.273 e. The number of rotatable bonds is 4. The monoisotopic (exact) mass is 370 g/mol. The van der Waals surface area contributed by atoms with Crippen molar-refractivity contribution in [1.29, 1.82) is 0 Å². The molecule has 0 aliphatic carbocycles. The normalized spacial score (nSPS) is 19.8. The van der Waals surface area contributed by atoms with E-state index in [0.29, 0.717) is 18.2 Å². The Hall–Kier alpha value is -2.44. The van der Waals surface area contributed by atoms with Crippen molar-refractivity contribution < 1.29 is 9.53 Å². The molecule has 1 fully saturated rings. The average Bonchev–Trinajstić information content (AvgIpc) is 3.21. The van der Waals surface area contributed by atoms with Crippen molar-refractivity contribution in [3.05, 3.63) is 59.0 Å². The van der Waals surface area contributed by atoms with E-state index in [1.54, 1.807) is 13.2 Å². The van der Waals surface area contributed by atoms with Crippen LogP contribution in [0.1, 0.15) is 16.1 Å². The van der Waals surface area contributed by atoms with Gasteiger partial charge in [0.1, 0.15) is 0 Å². The first kappa shape index (κ1) is 17.0. The first-order chi connectivity index (χ1) is 12.6. The fourth-order valence-corrected chi connectivity index (χ4v) is 3.69. The largest absolute Gasteiger partial charge is 0.379 e. The van der Waals surface area contributed by atoms with E-state index in [-0.39, 0.29) is 23.6 Å². The number of carbonyl (C=O) groups excluding carboxylic acids is 1. The number of halogens is 1. The molecule has 6 nitrogen and oxygen atoms in total. The number of amides is 1. The maximum atomic E-state index is 12.5. The number of carbonyl (C=O) groups is 1. The summed E-state index contributed by atoms with van der Waals surface area (Å²) in [4.78, 5) is 16.9. The summed E-state index contributed by atoms with van der Waals surface area (Å²) in [6.07, 6.45) is 4.25. The van der Waals surface area contributed by atoms with E-state index in [1.165, 1.54) is 10.2 Å². The van der Waals surface area contributed by atoms with Crippen molar-refractivity contribution in [2.45, 2.75) is 12.5 Å². The molecule has 134 valence electrons. The zero-order chi connectivity index (χ0) is 18.1. The number of hydrogen-bond acceptors (Lipinski definition) is 4. The van der Waals surface area contributed by atoms with Gasteiger partial charge < -0.3 is 10.1 Å². The van der Waals surface area contributed by atoms with Gasteiger partial charge in [0.05, 0.1) is 29.8 Å². The van der Waals surface area contributed by atoms with Crippen molar-refractivity contribution >= 4 is 28.4 Å². The Kier molecular flexibility index (Phi) is 4.61. The van der Waals surface area contributed by atoms with Crippen LogP contribution < -0.4 is 5.32 Å². The molecule has 1 amide bonds. The highest BCUT2D eigenvalue weighted by Gasteiger charge is 2.31. The van der Waals surface area contributed by atoms with Gasteiger partial charge in [-0.3, -0.25) is 14.5 Å². The summed E-state index contributed by atoms with van der Waals surface area (Å²) < 4.78 is 7.17. The first-order valence-corrected chi connectivity index (χ1v) is 8.90. The number of pyridine rings is 1. The molecule has 0 unspecified atom stereocenters. The van der Waals surface area contributed by atoms with Gasteiger partial charge in [-0.2, -0.15) is 5.10 Å². The molecule has 0 bridgehead atoms. The molecule has 0 saturated carbocycles. The molecule has 2 atom stereocenters. The number of nitrogens with zero attached hydrogens (tertiary/aromatic N) is 3. The SMILES string of the molecule is Cn1cc(Cl)c(C(=O)N[C@@H]2COC[C@H]2Cc2ccnc3ccccc23)n1. The van der Waals surface area contributed by atoms with Crippen LogP contribution in [0.25, 0.3) is 10.9 Å². The van der Waals surface area contributed by atoms with Crippen LogP contribution in [-0.2, 0) is 18.2 Å². The Morgan fingerprint density at radius 2 is 2.19 bits per heavy atom. The Bertz CT molecular complexity index is 950. The van der Waals surface area contributed by atoms with Gasteiger partial charge in [-0.25, -0.2) is 0 Å². The van der Waals surface area contributed by atoms with E-state index in [1.807, 2.05) is 30.5 Å². The third-order valence-corrected chi connectivity index (χ3v) is 5.01. The Balaban J connectivity index is 1.51. The number of ether oxygens (including phenoxy) is 1. The third-order valence-electron chi connectivity index (χ3n) is 4.74. The second kappa shape index (κ2) is 7.05. The molecule has 1 N–H and O–H groups in total. The molecule has 1 saturated heterocycles. The van der Waals surface area contributed by atoms with Crippen LogP contribution in [0.5, 0.6) is 0 Å². The van der Waals surface area contributed by atoms with Gasteiger partial charge >= 0.3 is 0 Å².